The van der Waals surface area contributed by atoms with Crippen molar-refractivity contribution >= 4 is 12.1 Å². The average Bonchev–Trinajstić information content (AvgIpc) is 2.47. The number of hydrogen-bond acceptors (Lipinski definition) is 5. The second kappa shape index (κ2) is 7.75. The first kappa shape index (κ1) is 15.5. The summed E-state index contributed by atoms with van der Waals surface area (Å²) < 4.78 is 0. The van der Waals surface area contributed by atoms with Gasteiger partial charge in [-0.25, -0.2) is 5.43 Å². The smallest absolute Gasteiger partial charge is 0.241 e. The van der Waals surface area contributed by atoms with Crippen LogP contribution in [0.5, 0.6) is 5.75 Å². The first-order chi connectivity index (χ1) is 10.1. The lowest BCUT2D eigenvalue weighted by atomic mass is 10.2. The van der Waals surface area contributed by atoms with Crippen LogP contribution in [-0.2, 0) is 4.79 Å². The number of piperazine rings is 1. The van der Waals surface area contributed by atoms with Crippen molar-refractivity contribution in [1.82, 2.24) is 15.2 Å². The van der Waals surface area contributed by atoms with E-state index in [2.05, 4.69) is 27.4 Å². The summed E-state index contributed by atoms with van der Waals surface area (Å²) in [5.74, 6) is 0.0886. The van der Waals surface area contributed by atoms with E-state index in [1.165, 1.54) is 6.21 Å². The van der Waals surface area contributed by atoms with E-state index in [4.69, 9.17) is 0 Å². The van der Waals surface area contributed by atoms with Crippen LogP contribution in [0.15, 0.2) is 29.4 Å². The van der Waals surface area contributed by atoms with E-state index < -0.39 is 0 Å². The Morgan fingerprint density at radius 1 is 1.38 bits per heavy atom. The Bertz CT molecular complexity index is 496. The molecule has 21 heavy (non-hydrogen) atoms. The monoisotopic (exact) mass is 290 g/mol. The maximum absolute atomic E-state index is 11.7. The van der Waals surface area contributed by atoms with Gasteiger partial charge in [-0.1, -0.05) is 12.1 Å². The Balaban J connectivity index is 1.68. The molecular formula is C15H22N4O2. The Kier molecular flexibility index (Phi) is 5.71. The van der Waals surface area contributed by atoms with Crippen LogP contribution in [0.3, 0.4) is 0 Å². The summed E-state index contributed by atoms with van der Waals surface area (Å²) in [6, 6.07) is 6.71. The van der Waals surface area contributed by atoms with Gasteiger partial charge >= 0.3 is 0 Å². The molecule has 1 aliphatic heterocycles. The van der Waals surface area contributed by atoms with Gasteiger partial charge in [0, 0.05) is 39.1 Å². The van der Waals surface area contributed by atoms with Gasteiger partial charge in [0.15, 0.2) is 0 Å². The molecule has 1 amide bonds. The lowest BCUT2D eigenvalue weighted by molar-refractivity contribution is -0.121. The van der Waals surface area contributed by atoms with E-state index in [1.807, 2.05) is 0 Å². The quantitative estimate of drug-likeness (QED) is 0.611. The summed E-state index contributed by atoms with van der Waals surface area (Å²) in [6.45, 7) is 4.89. The molecule has 1 fully saturated rings. The predicted molar refractivity (Wildman–Crippen MR) is 82.4 cm³/mol. The van der Waals surface area contributed by atoms with Gasteiger partial charge in [0.05, 0.1) is 6.21 Å². The fourth-order valence-electron chi connectivity index (χ4n) is 2.17. The van der Waals surface area contributed by atoms with Crippen LogP contribution in [0.1, 0.15) is 12.0 Å². The van der Waals surface area contributed by atoms with Crippen molar-refractivity contribution in [2.75, 3.05) is 39.8 Å². The third-order valence-electron chi connectivity index (χ3n) is 3.52. The lowest BCUT2D eigenvalue weighted by Crippen LogP contribution is -2.45. The molecule has 0 radical (unpaired) electrons. The number of nitrogens with one attached hydrogen (secondary N) is 1. The highest BCUT2D eigenvalue weighted by atomic mass is 16.3. The highest BCUT2D eigenvalue weighted by Gasteiger charge is 2.14. The minimum atomic E-state index is -0.0923. The van der Waals surface area contributed by atoms with Crippen LogP contribution in [0, 0.1) is 0 Å². The van der Waals surface area contributed by atoms with Gasteiger partial charge < -0.3 is 14.9 Å². The third kappa shape index (κ3) is 5.53. The SMILES string of the molecule is CN1CCN(CCC(=O)N/N=C\c2cccc(O)c2)CC1. The maximum atomic E-state index is 11.7. The Morgan fingerprint density at radius 3 is 2.86 bits per heavy atom. The van der Waals surface area contributed by atoms with Crippen LogP contribution in [-0.4, -0.2) is 66.8 Å². The molecule has 114 valence electrons. The van der Waals surface area contributed by atoms with Gasteiger partial charge in [0.25, 0.3) is 0 Å². The second-order valence-electron chi connectivity index (χ2n) is 5.28. The predicted octanol–water partition coefficient (Wildman–Crippen LogP) is 0.480. The summed E-state index contributed by atoms with van der Waals surface area (Å²) >= 11 is 0. The zero-order valence-electron chi connectivity index (χ0n) is 12.3. The molecule has 0 aromatic heterocycles. The van der Waals surface area contributed by atoms with E-state index in [0.29, 0.717) is 6.42 Å². The van der Waals surface area contributed by atoms with Crippen LogP contribution in [0.4, 0.5) is 0 Å². The molecule has 0 aliphatic carbocycles. The summed E-state index contributed by atoms with van der Waals surface area (Å²) in [5.41, 5.74) is 3.26. The maximum Gasteiger partial charge on any atom is 0.241 e. The number of hydrogen-bond donors (Lipinski definition) is 2. The first-order valence-corrected chi connectivity index (χ1v) is 7.15. The van der Waals surface area contributed by atoms with Crippen LogP contribution in [0.2, 0.25) is 0 Å². The van der Waals surface area contributed by atoms with Gasteiger partial charge in [-0.05, 0) is 24.7 Å². The van der Waals surface area contributed by atoms with E-state index in [9.17, 15) is 9.90 Å². The zero-order chi connectivity index (χ0) is 15.1. The number of phenols is 1. The Labute approximate surface area is 125 Å². The summed E-state index contributed by atoms with van der Waals surface area (Å²) in [4.78, 5) is 16.3. The Hall–Kier alpha value is -1.92. The molecule has 0 bridgehead atoms. The molecule has 0 saturated carbocycles. The lowest BCUT2D eigenvalue weighted by Gasteiger charge is -2.32. The van der Waals surface area contributed by atoms with Crippen molar-refractivity contribution < 1.29 is 9.90 Å². The van der Waals surface area contributed by atoms with Gasteiger partial charge in [-0.3, -0.25) is 4.79 Å². The number of rotatable bonds is 5. The largest absolute Gasteiger partial charge is 0.508 e. The molecule has 6 nitrogen and oxygen atoms in total. The number of amides is 1. The van der Waals surface area contributed by atoms with Gasteiger partial charge in [-0.15, -0.1) is 0 Å². The third-order valence-corrected chi connectivity index (χ3v) is 3.52. The summed E-state index contributed by atoms with van der Waals surface area (Å²) in [6.07, 6.45) is 1.97. The van der Waals surface area contributed by atoms with E-state index in [0.717, 1.165) is 38.3 Å². The van der Waals surface area contributed by atoms with E-state index >= 15 is 0 Å². The number of hydrazone groups is 1. The number of nitrogens with zero attached hydrogens (tertiary/aromatic N) is 3. The van der Waals surface area contributed by atoms with E-state index in [-0.39, 0.29) is 11.7 Å². The molecule has 1 heterocycles. The van der Waals surface area contributed by atoms with Crippen LogP contribution >= 0.6 is 0 Å². The molecule has 1 saturated heterocycles. The molecule has 1 aromatic rings. The van der Waals surface area contributed by atoms with Crippen molar-refractivity contribution in [3.63, 3.8) is 0 Å². The van der Waals surface area contributed by atoms with Crippen molar-refractivity contribution in [2.24, 2.45) is 5.10 Å². The number of phenolic OH excluding ortho intramolecular Hbond substituents is 1. The van der Waals surface area contributed by atoms with Crippen molar-refractivity contribution in [3.05, 3.63) is 29.8 Å². The fourth-order valence-corrected chi connectivity index (χ4v) is 2.17. The van der Waals surface area contributed by atoms with E-state index in [1.54, 1.807) is 24.3 Å². The standard InChI is InChI=1S/C15H22N4O2/c1-18-7-9-19(10-8-18)6-5-15(21)17-16-12-13-3-2-4-14(20)11-13/h2-4,11-12,20H,5-10H2,1H3,(H,17,21)/b16-12-. The van der Waals surface area contributed by atoms with Crippen molar-refractivity contribution in [3.8, 4) is 5.75 Å². The molecule has 0 spiro atoms. The first-order valence-electron chi connectivity index (χ1n) is 7.15. The van der Waals surface area contributed by atoms with Crippen LogP contribution < -0.4 is 5.43 Å². The minimum Gasteiger partial charge on any atom is -0.508 e. The zero-order valence-corrected chi connectivity index (χ0v) is 12.3. The van der Waals surface area contributed by atoms with Gasteiger partial charge in [0.1, 0.15) is 5.75 Å². The number of benzene rings is 1. The number of likely N-dealkylation sites (N-methyl/N-ethyl adjacent to an activating group) is 1. The molecule has 0 atom stereocenters. The van der Waals surface area contributed by atoms with Gasteiger partial charge in [-0.2, -0.15) is 5.10 Å². The number of carbonyl (C=O) groups excluding carboxylic acids is 1. The number of carbonyl (C=O) groups is 1. The van der Waals surface area contributed by atoms with Crippen molar-refractivity contribution in [1.29, 1.82) is 0 Å². The highest BCUT2D eigenvalue weighted by Crippen LogP contribution is 2.08. The second-order valence-corrected chi connectivity index (χ2v) is 5.28. The summed E-state index contributed by atoms with van der Waals surface area (Å²) in [7, 11) is 2.11. The molecule has 2 rings (SSSR count). The topological polar surface area (TPSA) is 68.2 Å². The molecular weight excluding hydrogens is 268 g/mol. The average molecular weight is 290 g/mol. The summed E-state index contributed by atoms with van der Waals surface area (Å²) in [5, 5.41) is 13.2. The fraction of sp³-hybridized carbons (Fsp3) is 0.467. The number of aromatic hydroxyl groups is 1. The minimum absolute atomic E-state index is 0.0923. The van der Waals surface area contributed by atoms with Gasteiger partial charge in [0.2, 0.25) is 5.91 Å². The highest BCUT2D eigenvalue weighted by molar-refractivity contribution is 5.82. The van der Waals surface area contributed by atoms with Crippen LogP contribution in [0.25, 0.3) is 0 Å². The Morgan fingerprint density at radius 2 is 2.14 bits per heavy atom. The van der Waals surface area contributed by atoms with Crippen molar-refractivity contribution in [2.45, 2.75) is 6.42 Å². The molecule has 2 N–H and O–H groups in total. The molecule has 0 unspecified atom stereocenters. The molecule has 6 heteroatoms. The molecule has 1 aromatic carbocycles. The molecule has 1 aliphatic rings. The normalized spacial score (nSPS) is 17.2.